The lowest BCUT2D eigenvalue weighted by Crippen LogP contribution is -2.59. The minimum absolute atomic E-state index is 0.313. The summed E-state index contributed by atoms with van der Waals surface area (Å²) >= 11 is 0. The van der Waals surface area contributed by atoms with Crippen LogP contribution in [-0.2, 0) is 0 Å². The lowest BCUT2D eigenvalue weighted by Gasteiger charge is -2.54. The zero-order valence-corrected chi connectivity index (χ0v) is 19.8. The molecule has 2 heterocycles. The number of hydrogen-bond acceptors (Lipinski definition) is 2. The molecule has 2 aliphatic carbocycles. The normalized spacial score (nSPS) is 36.3. The van der Waals surface area contributed by atoms with Crippen molar-refractivity contribution >= 4 is 5.71 Å². The van der Waals surface area contributed by atoms with Crippen LogP contribution in [0.1, 0.15) is 73.1 Å². The van der Waals surface area contributed by atoms with Crippen molar-refractivity contribution in [3.05, 3.63) is 0 Å². The van der Waals surface area contributed by atoms with Gasteiger partial charge in [0.15, 0.2) is 0 Å². The summed E-state index contributed by atoms with van der Waals surface area (Å²) in [7, 11) is 0. The summed E-state index contributed by atoms with van der Waals surface area (Å²) in [5, 5.41) is 0. The minimum Gasteiger partial charge on any atom is -0.300 e. The van der Waals surface area contributed by atoms with E-state index < -0.39 is 5.67 Å². The van der Waals surface area contributed by atoms with Crippen LogP contribution in [0.2, 0.25) is 0 Å². The van der Waals surface area contributed by atoms with Gasteiger partial charge in [-0.05, 0) is 48.3 Å². The topological polar surface area (TPSA) is 9.49 Å². The molecule has 2 saturated heterocycles. The second-order valence-corrected chi connectivity index (χ2v) is 11.9. The monoisotopic (exact) mass is 406 g/mol. The Labute approximate surface area is 178 Å². The Bertz CT molecular complexity index is 606. The molecule has 0 aromatic carbocycles. The summed E-state index contributed by atoms with van der Waals surface area (Å²) in [6.45, 7) is 20.2. The Kier molecular flexibility index (Phi) is 5.92. The molecule has 0 aromatic heterocycles. The van der Waals surface area contributed by atoms with Gasteiger partial charge in [-0.2, -0.15) is 0 Å². The van der Waals surface area contributed by atoms with E-state index in [1.54, 1.807) is 0 Å². The SMILES string of the molecule is CC(C)=[N+]1CCC2(CC1)CC(F)(CN1CCN(CC3(C(C)C(C)C)CC3)CC1)C2. The molecule has 4 aliphatic rings. The van der Waals surface area contributed by atoms with E-state index in [0.717, 1.165) is 63.9 Å². The highest BCUT2D eigenvalue weighted by Crippen LogP contribution is 2.57. The maximum absolute atomic E-state index is 15.5. The van der Waals surface area contributed by atoms with Crippen LogP contribution in [0, 0.1) is 22.7 Å². The Hall–Kier alpha value is -0.480. The van der Waals surface area contributed by atoms with E-state index in [-0.39, 0.29) is 0 Å². The van der Waals surface area contributed by atoms with E-state index in [2.05, 4.69) is 49.0 Å². The Morgan fingerprint density at radius 1 is 0.862 bits per heavy atom. The largest absolute Gasteiger partial charge is 0.300 e. The van der Waals surface area contributed by atoms with Gasteiger partial charge >= 0.3 is 0 Å². The van der Waals surface area contributed by atoms with Gasteiger partial charge in [0.2, 0.25) is 0 Å². The average Bonchev–Trinajstić information content (AvgIpc) is 3.42. The molecule has 0 N–H and O–H groups in total. The molecule has 2 aliphatic heterocycles. The van der Waals surface area contributed by atoms with Crippen LogP contribution in [-0.4, -0.2) is 78.1 Å². The second-order valence-electron chi connectivity index (χ2n) is 11.9. The van der Waals surface area contributed by atoms with Gasteiger partial charge in [-0.3, -0.25) is 4.90 Å². The van der Waals surface area contributed by atoms with Crippen LogP contribution in [0.15, 0.2) is 0 Å². The fourth-order valence-electron chi connectivity index (χ4n) is 6.76. The van der Waals surface area contributed by atoms with Crippen LogP contribution in [0.4, 0.5) is 4.39 Å². The molecule has 29 heavy (non-hydrogen) atoms. The first kappa shape index (κ1) is 21.7. The van der Waals surface area contributed by atoms with Crippen molar-refractivity contribution < 1.29 is 8.97 Å². The quantitative estimate of drug-likeness (QED) is 0.603. The molecule has 1 spiro atoms. The third kappa shape index (κ3) is 4.59. The molecule has 1 unspecified atom stereocenters. The van der Waals surface area contributed by atoms with E-state index >= 15 is 4.39 Å². The molecular formula is C25H45FN3+. The van der Waals surface area contributed by atoms with E-state index in [4.69, 9.17) is 0 Å². The highest BCUT2D eigenvalue weighted by atomic mass is 19.1. The van der Waals surface area contributed by atoms with Crippen molar-refractivity contribution in [3.63, 3.8) is 0 Å². The molecule has 0 aromatic rings. The zero-order valence-electron chi connectivity index (χ0n) is 19.8. The molecule has 1 atom stereocenters. The van der Waals surface area contributed by atoms with Crippen LogP contribution in [0.3, 0.4) is 0 Å². The Balaban J connectivity index is 1.21. The van der Waals surface area contributed by atoms with Crippen LogP contribution in [0.25, 0.3) is 0 Å². The second kappa shape index (κ2) is 7.89. The average molecular weight is 407 g/mol. The predicted octanol–water partition coefficient (Wildman–Crippen LogP) is 4.45. The number of alkyl halides is 1. The summed E-state index contributed by atoms with van der Waals surface area (Å²) in [4.78, 5) is 5.10. The molecule has 0 amide bonds. The molecule has 2 saturated carbocycles. The lowest BCUT2D eigenvalue weighted by molar-refractivity contribution is -0.549. The first-order valence-corrected chi connectivity index (χ1v) is 12.3. The van der Waals surface area contributed by atoms with Crippen molar-refractivity contribution in [2.45, 2.75) is 78.8 Å². The molecule has 4 rings (SSSR count). The van der Waals surface area contributed by atoms with Crippen molar-refractivity contribution in [2.75, 3.05) is 52.4 Å². The fourth-order valence-corrected chi connectivity index (χ4v) is 6.76. The third-order valence-electron chi connectivity index (χ3n) is 9.21. The van der Waals surface area contributed by atoms with Crippen LogP contribution >= 0.6 is 0 Å². The van der Waals surface area contributed by atoms with Crippen molar-refractivity contribution in [1.82, 2.24) is 9.80 Å². The maximum atomic E-state index is 15.5. The summed E-state index contributed by atoms with van der Waals surface area (Å²) < 4.78 is 18.0. The van der Waals surface area contributed by atoms with Gasteiger partial charge in [-0.25, -0.2) is 8.97 Å². The summed E-state index contributed by atoms with van der Waals surface area (Å²) in [6.07, 6.45) is 6.82. The number of nitrogens with zero attached hydrogens (tertiary/aromatic N) is 3. The molecule has 0 radical (unpaired) electrons. The number of halogens is 1. The van der Waals surface area contributed by atoms with Crippen molar-refractivity contribution in [1.29, 1.82) is 0 Å². The van der Waals surface area contributed by atoms with Crippen LogP contribution in [0.5, 0.6) is 0 Å². The van der Waals surface area contributed by atoms with Crippen molar-refractivity contribution in [3.8, 4) is 0 Å². The van der Waals surface area contributed by atoms with Gasteiger partial charge in [0.1, 0.15) is 24.5 Å². The Morgan fingerprint density at radius 2 is 1.38 bits per heavy atom. The first-order valence-electron chi connectivity index (χ1n) is 12.3. The molecule has 166 valence electrons. The fraction of sp³-hybridized carbons (Fsp3) is 0.960. The molecule has 4 fully saturated rings. The molecular weight excluding hydrogens is 361 g/mol. The van der Waals surface area contributed by atoms with E-state index in [1.165, 1.54) is 37.9 Å². The third-order valence-corrected chi connectivity index (χ3v) is 9.21. The van der Waals surface area contributed by atoms with E-state index in [9.17, 15) is 0 Å². The highest BCUT2D eigenvalue weighted by Gasteiger charge is 2.57. The van der Waals surface area contributed by atoms with Crippen molar-refractivity contribution in [2.24, 2.45) is 22.7 Å². The Morgan fingerprint density at radius 3 is 1.83 bits per heavy atom. The number of piperazine rings is 1. The summed E-state index contributed by atoms with van der Waals surface area (Å²) in [5.41, 5.74) is 1.40. The highest BCUT2D eigenvalue weighted by molar-refractivity contribution is 5.73. The zero-order chi connectivity index (χ0) is 20.9. The lowest BCUT2D eigenvalue weighted by atomic mass is 9.56. The predicted molar refractivity (Wildman–Crippen MR) is 120 cm³/mol. The smallest absolute Gasteiger partial charge is 0.146 e. The van der Waals surface area contributed by atoms with Gasteiger partial charge in [0.25, 0.3) is 0 Å². The number of piperidine rings is 1. The van der Waals surface area contributed by atoms with E-state index in [0.29, 0.717) is 17.4 Å². The molecule has 0 bridgehead atoms. The van der Waals surface area contributed by atoms with Gasteiger partial charge in [-0.15, -0.1) is 0 Å². The minimum atomic E-state index is -0.917. The summed E-state index contributed by atoms with van der Waals surface area (Å²) in [6, 6.07) is 0. The first-order chi connectivity index (χ1) is 13.6. The summed E-state index contributed by atoms with van der Waals surface area (Å²) in [5.74, 6) is 1.60. The standard InChI is InChI=1S/C25H45FN3/c1-20(2)22(5)24(6-7-24)18-27-12-14-28(15-13-27)19-25(26)16-23(17-25)8-10-29(11-9-23)21(3)4/h20,22H,6-19H2,1-5H3/q+1. The van der Waals surface area contributed by atoms with Gasteiger partial charge in [-0.1, -0.05) is 20.8 Å². The molecule has 4 heteroatoms. The number of hydrogen-bond donors (Lipinski definition) is 0. The van der Waals surface area contributed by atoms with Gasteiger partial charge in [0, 0.05) is 66.0 Å². The van der Waals surface area contributed by atoms with Gasteiger partial charge in [0.05, 0.1) is 0 Å². The molecule has 3 nitrogen and oxygen atoms in total. The van der Waals surface area contributed by atoms with E-state index in [1.807, 2.05) is 0 Å². The van der Waals surface area contributed by atoms with Gasteiger partial charge < -0.3 is 4.90 Å². The van der Waals surface area contributed by atoms with Crippen LogP contribution < -0.4 is 0 Å². The maximum Gasteiger partial charge on any atom is 0.146 e. The number of rotatable bonds is 6.